The van der Waals surface area contributed by atoms with E-state index in [4.69, 9.17) is 0 Å². The lowest BCUT2D eigenvalue weighted by Crippen LogP contribution is -2.25. The molecule has 2 saturated carbocycles. The van der Waals surface area contributed by atoms with Crippen molar-refractivity contribution in [2.24, 2.45) is 17.8 Å². The van der Waals surface area contributed by atoms with E-state index in [-0.39, 0.29) is 5.92 Å². The van der Waals surface area contributed by atoms with Gasteiger partial charge >= 0.3 is 6.18 Å². The average molecular weight is 415 g/mol. The van der Waals surface area contributed by atoms with Gasteiger partial charge in [-0.05, 0) is 92.7 Å². The number of benzene rings is 1. The van der Waals surface area contributed by atoms with E-state index >= 15 is 0 Å². The lowest BCUT2D eigenvalue weighted by Gasteiger charge is -2.38. The SMILES string of the molecule is C=CCCCC1CCC(C2CCC(c3cc(F)c(C(F)(F)F)c(F)c3)CC2)CC1. The normalized spacial score (nSPS) is 28.3. The predicted molar refractivity (Wildman–Crippen MR) is 106 cm³/mol. The molecule has 2 fully saturated rings. The molecule has 1 aromatic rings. The molecule has 0 atom stereocenters. The Labute approximate surface area is 170 Å². The summed E-state index contributed by atoms with van der Waals surface area (Å²) in [6, 6.07) is 1.79. The van der Waals surface area contributed by atoms with Crippen molar-refractivity contribution in [3.05, 3.63) is 47.5 Å². The second-order valence-electron chi connectivity index (χ2n) is 8.97. The standard InChI is InChI=1S/C24H31F5/c1-2-3-4-5-16-6-8-17(9-7-16)18-10-12-19(13-11-18)20-14-21(25)23(22(26)15-20)24(27,28)29/h2,14-19H,1,3-13H2. The molecule has 2 aliphatic carbocycles. The summed E-state index contributed by atoms with van der Waals surface area (Å²) in [7, 11) is 0. The monoisotopic (exact) mass is 414 g/mol. The van der Waals surface area contributed by atoms with Crippen molar-refractivity contribution in [1.82, 2.24) is 0 Å². The summed E-state index contributed by atoms with van der Waals surface area (Å²) in [5.41, 5.74) is -1.41. The van der Waals surface area contributed by atoms with Crippen LogP contribution in [0.3, 0.4) is 0 Å². The molecule has 2 aliphatic rings. The van der Waals surface area contributed by atoms with E-state index in [0.29, 0.717) is 11.5 Å². The molecule has 3 rings (SSSR count). The molecule has 0 N–H and O–H groups in total. The van der Waals surface area contributed by atoms with E-state index in [1.165, 1.54) is 38.5 Å². The molecule has 0 heterocycles. The Bertz CT molecular complexity index is 654. The maximum atomic E-state index is 13.9. The van der Waals surface area contributed by atoms with Gasteiger partial charge in [0.25, 0.3) is 0 Å². The fourth-order valence-electron chi connectivity index (χ4n) is 5.52. The molecule has 29 heavy (non-hydrogen) atoms. The number of allylic oxidation sites excluding steroid dienone is 1. The number of hydrogen-bond acceptors (Lipinski definition) is 0. The van der Waals surface area contributed by atoms with Gasteiger partial charge in [-0.25, -0.2) is 8.78 Å². The van der Waals surface area contributed by atoms with Crippen LogP contribution in [0.5, 0.6) is 0 Å². The highest BCUT2D eigenvalue weighted by Gasteiger charge is 2.39. The van der Waals surface area contributed by atoms with Crippen molar-refractivity contribution < 1.29 is 22.0 Å². The summed E-state index contributed by atoms with van der Waals surface area (Å²) in [5, 5.41) is 0. The van der Waals surface area contributed by atoms with E-state index < -0.39 is 23.4 Å². The Kier molecular flexibility index (Phi) is 7.39. The molecule has 0 aromatic heterocycles. The first-order valence-electron chi connectivity index (χ1n) is 11.0. The zero-order chi connectivity index (χ0) is 21.0. The van der Waals surface area contributed by atoms with Crippen molar-refractivity contribution in [3.63, 3.8) is 0 Å². The molecule has 0 unspecified atom stereocenters. The van der Waals surface area contributed by atoms with Crippen molar-refractivity contribution in [2.75, 3.05) is 0 Å². The predicted octanol–water partition coefficient (Wildman–Crippen LogP) is 8.42. The van der Waals surface area contributed by atoms with Gasteiger partial charge in [0.1, 0.15) is 17.2 Å². The molecule has 0 nitrogen and oxygen atoms in total. The first kappa shape index (κ1) is 22.3. The molecule has 5 heteroatoms. The van der Waals surface area contributed by atoms with Crippen LogP contribution in [0.15, 0.2) is 24.8 Å². The molecule has 1 aromatic carbocycles. The van der Waals surface area contributed by atoms with Crippen molar-refractivity contribution in [2.45, 2.75) is 82.7 Å². The highest BCUT2D eigenvalue weighted by Crippen LogP contribution is 2.45. The van der Waals surface area contributed by atoms with E-state index in [2.05, 4.69) is 6.58 Å². The van der Waals surface area contributed by atoms with Crippen molar-refractivity contribution >= 4 is 0 Å². The van der Waals surface area contributed by atoms with Crippen LogP contribution in [-0.2, 0) is 6.18 Å². The van der Waals surface area contributed by atoms with E-state index in [1.54, 1.807) is 0 Å². The van der Waals surface area contributed by atoms with Crippen LogP contribution in [0.2, 0.25) is 0 Å². The third-order valence-corrected chi connectivity index (χ3v) is 7.17. The Hall–Kier alpha value is -1.39. The van der Waals surface area contributed by atoms with Crippen molar-refractivity contribution in [1.29, 1.82) is 0 Å². The van der Waals surface area contributed by atoms with Gasteiger partial charge in [-0.3, -0.25) is 0 Å². The summed E-state index contributed by atoms with van der Waals surface area (Å²) in [6.07, 6.45) is 9.29. The molecule has 0 bridgehead atoms. The molecule has 0 spiro atoms. The summed E-state index contributed by atoms with van der Waals surface area (Å²) in [5.74, 6) is -0.834. The number of hydrogen-bond donors (Lipinski definition) is 0. The minimum absolute atomic E-state index is 0.0484. The molecular formula is C24H31F5. The molecule has 0 radical (unpaired) electrons. The molecule has 0 saturated heterocycles. The van der Waals surface area contributed by atoms with Gasteiger partial charge < -0.3 is 0 Å². The highest BCUT2D eigenvalue weighted by atomic mass is 19.4. The van der Waals surface area contributed by atoms with E-state index in [9.17, 15) is 22.0 Å². The van der Waals surface area contributed by atoms with Crippen LogP contribution in [0, 0.1) is 29.4 Å². The Morgan fingerprint density at radius 1 is 0.862 bits per heavy atom. The zero-order valence-electron chi connectivity index (χ0n) is 16.9. The summed E-state index contributed by atoms with van der Waals surface area (Å²) < 4.78 is 66.1. The minimum atomic E-state index is -5.01. The largest absolute Gasteiger partial charge is 0.422 e. The smallest absolute Gasteiger partial charge is 0.206 e. The lowest BCUT2D eigenvalue weighted by atomic mass is 9.68. The zero-order valence-corrected chi connectivity index (χ0v) is 16.9. The Morgan fingerprint density at radius 3 is 1.86 bits per heavy atom. The van der Waals surface area contributed by atoms with E-state index in [1.807, 2.05) is 6.08 Å². The van der Waals surface area contributed by atoms with Crippen LogP contribution < -0.4 is 0 Å². The fourth-order valence-corrected chi connectivity index (χ4v) is 5.52. The topological polar surface area (TPSA) is 0 Å². The van der Waals surface area contributed by atoms with Gasteiger partial charge in [-0.1, -0.05) is 25.3 Å². The minimum Gasteiger partial charge on any atom is -0.206 e. The summed E-state index contributed by atoms with van der Waals surface area (Å²) in [6.45, 7) is 3.78. The Balaban J connectivity index is 1.52. The van der Waals surface area contributed by atoms with Crippen LogP contribution in [0.25, 0.3) is 0 Å². The first-order valence-corrected chi connectivity index (χ1v) is 11.0. The van der Waals surface area contributed by atoms with Gasteiger partial charge in [0.05, 0.1) is 0 Å². The quantitative estimate of drug-likeness (QED) is 0.249. The van der Waals surface area contributed by atoms with Crippen LogP contribution >= 0.6 is 0 Å². The summed E-state index contributed by atoms with van der Waals surface area (Å²) >= 11 is 0. The van der Waals surface area contributed by atoms with Crippen LogP contribution in [0.1, 0.15) is 87.7 Å². The average Bonchev–Trinajstić information content (AvgIpc) is 2.67. The first-order chi connectivity index (χ1) is 13.8. The van der Waals surface area contributed by atoms with Crippen LogP contribution in [-0.4, -0.2) is 0 Å². The Morgan fingerprint density at radius 2 is 1.38 bits per heavy atom. The molecule has 0 aliphatic heterocycles. The number of alkyl halides is 3. The third-order valence-electron chi connectivity index (χ3n) is 7.17. The molecular weight excluding hydrogens is 383 g/mol. The van der Waals surface area contributed by atoms with Gasteiger partial charge in [0.15, 0.2) is 0 Å². The van der Waals surface area contributed by atoms with Gasteiger partial charge in [0, 0.05) is 0 Å². The number of rotatable bonds is 6. The number of halogens is 5. The maximum absolute atomic E-state index is 13.9. The highest BCUT2D eigenvalue weighted by molar-refractivity contribution is 5.30. The van der Waals surface area contributed by atoms with Gasteiger partial charge in [-0.15, -0.1) is 6.58 Å². The van der Waals surface area contributed by atoms with Crippen molar-refractivity contribution in [3.8, 4) is 0 Å². The molecule has 0 amide bonds. The third kappa shape index (κ3) is 5.61. The fraction of sp³-hybridized carbons (Fsp3) is 0.667. The molecule has 162 valence electrons. The lowest BCUT2D eigenvalue weighted by molar-refractivity contribution is -0.142. The van der Waals surface area contributed by atoms with E-state index in [0.717, 1.165) is 56.1 Å². The maximum Gasteiger partial charge on any atom is 0.422 e. The number of unbranched alkanes of at least 4 members (excludes halogenated alkanes) is 1. The van der Waals surface area contributed by atoms with Gasteiger partial charge in [0.2, 0.25) is 0 Å². The second-order valence-corrected chi connectivity index (χ2v) is 8.97. The van der Waals surface area contributed by atoms with Gasteiger partial charge in [-0.2, -0.15) is 13.2 Å². The second kappa shape index (κ2) is 9.61. The van der Waals surface area contributed by atoms with Crippen LogP contribution in [0.4, 0.5) is 22.0 Å². The summed E-state index contributed by atoms with van der Waals surface area (Å²) in [4.78, 5) is 0.